The quantitative estimate of drug-likeness (QED) is 0.780. The SMILES string of the molecule is CC(C)OCCOc1c(F)cc(CNC(C)(C)C)cc1F. The second kappa shape index (κ2) is 7.71. The van der Waals surface area contributed by atoms with Gasteiger partial charge in [0.05, 0.1) is 12.7 Å². The summed E-state index contributed by atoms with van der Waals surface area (Å²) in [5.74, 6) is -1.72. The van der Waals surface area contributed by atoms with Gasteiger partial charge in [-0.05, 0) is 52.3 Å². The summed E-state index contributed by atoms with van der Waals surface area (Å²) < 4.78 is 38.2. The first kappa shape index (κ1) is 17.9. The Kier molecular flexibility index (Phi) is 6.55. The molecule has 1 aromatic carbocycles. The Morgan fingerprint density at radius 1 is 1.10 bits per heavy atom. The van der Waals surface area contributed by atoms with Crippen LogP contribution in [0.1, 0.15) is 40.2 Å². The average Bonchev–Trinajstić information content (AvgIpc) is 2.33. The highest BCUT2D eigenvalue weighted by Gasteiger charge is 2.14. The number of hydrogen-bond donors (Lipinski definition) is 1. The summed E-state index contributed by atoms with van der Waals surface area (Å²) in [6.45, 7) is 10.6. The van der Waals surface area contributed by atoms with Gasteiger partial charge in [-0.2, -0.15) is 0 Å². The molecule has 0 radical (unpaired) electrons. The fourth-order valence-corrected chi connectivity index (χ4v) is 1.65. The predicted molar refractivity (Wildman–Crippen MR) is 79.5 cm³/mol. The summed E-state index contributed by atoms with van der Waals surface area (Å²) in [7, 11) is 0. The zero-order chi connectivity index (χ0) is 16.0. The molecule has 21 heavy (non-hydrogen) atoms. The van der Waals surface area contributed by atoms with Gasteiger partial charge in [-0.1, -0.05) is 0 Å². The molecular weight excluding hydrogens is 276 g/mol. The summed E-state index contributed by atoms with van der Waals surface area (Å²) in [6.07, 6.45) is 0.0640. The Labute approximate surface area is 125 Å². The minimum Gasteiger partial charge on any atom is -0.485 e. The van der Waals surface area contributed by atoms with Gasteiger partial charge in [0, 0.05) is 12.1 Å². The molecule has 3 nitrogen and oxygen atoms in total. The highest BCUT2D eigenvalue weighted by molar-refractivity contribution is 5.31. The highest BCUT2D eigenvalue weighted by atomic mass is 19.1. The maximum absolute atomic E-state index is 13.9. The lowest BCUT2D eigenvalue weighted by Gasteiger charge is -2.20. The van der Waals surface area contributed by atoms with Gasteiger partial charge < -0.3 is 14.8 Å². The van der Waals surface area contributed by atoms with Crippen molar-refractivity contribution in [3.05, 3.63) is 29.3 Å². The number of ether oxygens (including phenoxy) is 2. The van der Waals surface area contributed by atoms with E-state index in [2.05, 4.69) is 5.32 Å². The van der Waals surface area contributed by atoms with Crippen molar-refractivity contribution in [1.29, 1.82) is 0 Å². The molecule has 0 spiro atoms. The maximum Gasteiger partial charge on any atom is 0.190 e. The second-order valence-corrected chi connectivity index (χ2v) is 6.26. The van der Waals surface area contributed by atoms with E-state index < -0.39 is 11.6 Å². The number of nitrogens with one attached hydrogen (secondary N) is 1. The van der Waals surface area contributed by atoms with Crippen LogP contribution in [0.15, 0.2) is 12.1 Å². The number of rotatable bonds is 7. The molecule has 0 aromatic heterocycles. The molecule has 1 N–H and O–H groups in total. The van der Waals surface area contributed by atoms with Crippen LogP contribution in [0.4, 0.5) is 8.78 Å². The Morgan fingerprint density at radius 2 is 1.67 bits per heavy atom. The van der Waals surface area contributed by atoms with Crippen LogP contribution in [0.2, 0.25) is 0 Å². The fourth-order valence-electron chi connectivity index (χ4n) is 1.65. The van der Waals surface area contributed by atoms with E-state index in [0.717, 1.165) is 0 Å². The van der Waals surface area contributed by atoms with E-state index in [1.54, 1.807) is 0 Å². The number of hydrogen-bond acceptors (Lipinski definition) is 3. The molecule has 0 amide bonds. The Bertz CT molecular complexity index is 433. The lowest BCUT2D eigenvalue weighted by atomic mass is 10.1. The summed E-state index contributed by atoms with van der Waals surface area (Å²) in [5, 5.41) is 3.18. The van der Waals surface area contributed by atoms with Crippen molar-refractivity contribution in [1.82, 2.24) is 5.32 Å². The first-order valence-corrected chi connectivity index (χ1v) is 7.16. The third kappa shape index (κ3) is 6.87. The van der Waals surface area contributed by atoms with Crippen molar-refractivity contribution in [2.24, 2.45) is 0 Å². The molecule has 0 unspecified atom stereocenters. The van der Waals surface area contributed by atoms with Crippen molar-refractivity contribution in [2.75, 3.05) is 13.2 Å². The summed E-state index contributed by atoms with van der Waals surface area (Å²) in [4.78, 5) is 0. The third-order valence-corrected chi connectivity index (χ3v) is 2.66. The van der Waals surface area contributed by atoms with Crippen molar-refractivity contribution in [3.63, 3.8) is 0 Å². The Balaban J connectivity index is 2.63. The van der Waals surface area contributed by atoms with E-state index in [1.165, 1.54) is 12.1 Å². The van der Waals surface area contributed by atoms with Crippen molar-refractivity contribution in [2.45, 2.75) is 52.8 Å². The molecule has 0 fully saturated rings. The molecule has 0 saturated heterocycles. The minimum atomic E-state index is -0.690. The zero-order valence-corrected chi connectivity index (χ0v) is 13.4. The average molecular weight is 301 g/mol. The van der Waals surface area contributed by atoms with E-state index >= 15 is 0 Å². The standard InChI is InChI=1S/C16H25F2NO2/c1-11(2)20-6-7-21-15-13(17)8-12(9-14(15)18)10-19-16(3,4)5/h8-9,11,19H,6-7,10H2,1-5H3. The van der Waals surface area contributed by atoms with Gasteiger partial charge >= 0.3 is 0 Å². The molecule has 0 bridgehead atoms. The van der Waals surface area contributed by atoms with E-state index in [0.29, 0.717) is 18.7 Å². The van der Waals surface area contributed by atoms with Gasteiger partial charge in [0.25, 0.3) is 0 Å². The van der Waals surface area contributed by atoms with Crippen LogP contribution in [-0.2, 0) is 11.3 Å². The van der Waals surface area contributed by atoms with Crippen LogP contribution in [0.3, 0.4) is 0 Å². The number of benzene rings is 1. The Morgan fingerprint density at radius 3 is 2.14 bits per heavy atom. The summed E-state index contributed by atoms with van der Waals surface area (Å²) >= 11 is 0. The van der Waals surface area contributed by atoms with Crippen LogP contribution in [-0.4, -0.2) is 24.9 Å². The first-order chi connectivity index (χ1) is 9.69. The van der Waals surface area contributed by atoms with Crippen LogP contribution in [0.5, 0.6) is 5.75 Å². The van der Waals surface area contributed by atoms with Gasteiger partial charge in [-0.25, -0.2) is 8.78 Å². The molecule has 0 saturated carbocycles. The molecule has 120 valence electrons. The van der Waals surface area contributed by atoms with Crippen LogP contribution in [0, 0.1) is 11.6 Å². The molecule has 1 aromatic rings. The molecule has 0 aliphatic heterocycles. The fraction of sp³-hybridized carbons (Fsp3) is 0.625. The summed E-state index contributed by atoms with van der Waals surface area (Å²) in [5.41, 5.74) is 0.432. The number of halogens is 2. The normalized spacial score (nSPS) is 12.0. The third-order valence-electron chi connectivity index (χ3n) is 2.66. The molecular formula is C16H25F2NO2. The smallest absolute Gasteiger partial charge is 0.190 e. The lowest BCUT2D eigenvalue weighted by Crippen LogP contribution is -2.35. The predicted octanol–water partition coefficient (Wildman–Crippen LogP) is 3.66. The Hall–Kier alpha value is -1.20. The van der Waals surface area contributed by atoms with E-state index in [-0.39, 0.29) is 24.0 Å². The lowest BCUT2D eigenvalue weighted by molar-refractivity contribution is 0.0535. The van der Waals surface area contributed by atoms with Gasteiger partial charge in [0.1, 0.15) is 6.61 Å². The van der Waals surface area contributed by atoms with Crippen LogP contribution >= 0.6 is 0 Å². The summed E-state index contributed by atoms with van der Waals surface area (Å²) in [6, 6.07) is 2.58. The van der Waals surface area contributed by atoms with Gasteiger partial charge in [-0.15, -0.1) is 0 Å². The molecule has 0 heterocycles. The maximum atomic E-state index is 13.9. The second-order valence-electron chi connectivity index (χ2n) is 6.26. The van der Waals surface area contributed by atoms with Crippen LogP contribution in [0.25, 0.3) is 0 Å². The van der Waals surface area contributed by atoms with Crippen molar-refractivity contribution < 1.29 is 18.3 Å². The highest BCUT2D eigenvalue weighted by Crippen LogP contribution is 2.23. The van der Waals surface area contributed by atoms with E-state index in [1.807, 2.05) is 34.6 Å². The zero-order valence-electron chi connectivity index (χ0n) is 13.4. The van der Waals surface area contributed by atoms with Crippen molar-refractivity contribution >= 4 is 0 Å². The monoisotopic (exact) mass is 301 g/mol. The van der Waals surface area contributed by atoms with E-state index in [4.69, 9.17) is 9.47 Å². The first-order valence-electron chi connectivity index (χ1n) is 7.16. The molecule has 0 aliphatic rings. The minimum absolute atomic E-state index is 0.0640. The van der Waals surface area contributed by atoms with E-state index in [9.17, 15) is 8.78 Å². The molecule has 5 heteroatoms. The van der Waals surface area contributed by atoms with Crippen molar-refractivity contribution in [3.8, 4) is 5.75 Å². The van der Waals surface area contributed by atoms with Gasteiger partial charge in [0.2, 0.25) is 0 Å². The van der Waals surface area contributed by atoms with Gasteiger partial charge in [0.15, 0.2) is 17.4 Å². The van der Waals surface area contributed by atoms with Crippen LogP contribution < -0.4 is 10.1 Å². The molecule has 1 rings (SSSR count). The topological polar surface area (TPSA) is 30.5 Å². The van der Waals surface area contributed by atoms with Gasteiger partial charge in [-0.3, -0.25) is 0 Å². The largest absolute Gasteiger partial charge is 0.485 e. The molecule has 0 aliphatic carbocycles. The molecule has 0 atom stereocenters.